The second kappa shape index (κ2) is 8.01. The van der Waals surface area contributed by atoms with Crippen molar-refractivity contribution in [2.75, 3.05) is 56.2 Å². The van der Waals surface area contributed by atoms with Gasteiger partial charge in [-0.1, -0.05) is 12.1 Å². The van der Waals surface area contributed by atoms with E-state index in [1.54, 1.807) is 7.11 Å². The van der Waals surface area contributed by atoms with Gasteiger partial charge in [0.05, 0.1) is 18.5 Å². The third-order valence-corrected chi connectivity index (χ3v) is 5.57. The summed E-state index contributed by atoms with van der Waals surface area (Å²) in [7, 11) is 1.63. The minimum absolute atomic E-state index is 0.0456. The third kappa shape index (κ3) is 3.78. The summed E-state index contributed by atoms with van der Waals surface area (Å²) < 4.78 is 5.20. The number of methoxy groups -OCH3 is 1. The number of benzene rings is 2. The Labute approximate surface area is 161 Å². The molecule has 2 heterocycles. The van der Waals surface area contributed by atoms with E-state index in [9.17, 15) is 4.79 Å². The van der Waals surface area contributed by atoms with E-state index >= 15 is 0 Å². The van der Waals surface area contributed by atoms with Gasteiger partial charge in [0.1, 0.15) is 5.75 Å². The van der Waals surface area contributed by atoms with Gasteiger partial charge in [-0.15, -0.1) is 0 Å². The minimum atomic E-state index is 0.0456. The molecule has 2 aliphatic heterocycles. The van der Waals surface area contributed by atoms with Gasteiger partial charge in [0.25, 0.3) is 5.91 Å². The maximum atomic E-state index is 13.1. The average Bonchev–Trinajstić information content (AvgIpc) is 3.25. The van der Waals surface area contributed by atoms with Crippen molar-refractivity contribution in [3.8, 4) is 5.75 Å². The predicted octanol–water partition coefficient (Wildman–Crippen LogP) is 3.26. The smallest absolute Gasteiger partial charge is 0.258 e. The number of amides is 1. The fraction of sp³-hybridized carbons (Fsp3) is 0.409. The fourth-order valence-electron chi connectivity index (χ4n) is 4.02. The lowest BCUT2D eigenvalue weighted by Gasteiger charge is -2.38. The molecule has 2 aromatic rings. The van der Waals surface area contributed by atoms with Gasteiger partial charge in [0, 0.05) is 31.7 Å². The lowest BCUT2D eigenvalue weighted by atomic mass is 10.1. The molecule has 1 saturated heterocycles. The normalized spacial score (nSPS) is 17.1. The first-order valence-corrected chi connectivity index (χ1v) is 9.78. The first-order valence-electron chi connectivity index (χ1n) is 9.78. The Morgan fingerprint density at radius 2 is 1.59 bits per heavy atom. The largest absolute Gasteiger partial charge is 0.497 e. The van der Waals surface area contributed by atoms with E-state index in [1.165, 1.54) is 25.9 Å². The molecule has 0 bridgehead atoms. The van der Waals surface area contributed by atoms with Crippen molar-refractivity contribution in [1.82, 2.24) is 4.90 Å². The Bertz CT molecular complexity index is 784. The first-order chi connectivity index (χ1) is 13.3. The first kappa shape index (κ1) is 17.9. The van der Waals surface area contributed by atoms with Crippen LogP contribution in [0.4, 0.5) is 11.4 Å². The van der Waals surface area contributed by atoms with E-state index in [0.717, 1.165) is 36.8 Å². The Morgan fingerprint density at radius 1 is 0.889 bits per heavy atom. The van der Waals surface area contributed by atoms with Crippen LogP contribution in [0.3, 0.4) is 0 Å². The number of hydrogen-bond acceptors (Lipinski definition) is 4. The monoisotopic (exact) mass is 365 g/mol. The molecule has 1 fully saturated rings. The molecule has 0 aromatic heterocycles. The highest BCUT2D eigenvalue weighted by Crippen LogP contribution is 2.33. The number of carbonyl (C=O) groups is 1. The molecule has 5 nitrogen and oxygen atoms in total. The maximum absolute atomic E-state index is 13.1. The van der Waals surface area contributed by atoms with Crippen molar-refractivity contribution in [2.45, 2.75) is 12.8 Å². The predicted molar refractivity (Wildman–Crippen MR) is 109 cm³/mol. The lowest BCUT2D eigenvalue weighted by Crippen LogP contribution is -2.46. The highest BCUT2D eigenvalue weighted by molar-refractivity contribution is 6.08. The van der Waals surface area contributed by atoms with Gasteiger partial charge in [-0.05, 0) is 62.3 Å². The third-order valence-electron chi connectivity index (χ3n) is 5.57. The number of para-hydroxylation sites is 2. The molecule has 142 valence electrons. The molecule has 0 N–H and O–H groups in total. The zero-order valence-corrected chi connectivity index (χ0v) is 15.9. The van der Waals surface area contributed by atoms with Gasteiger partial charge >= 0.3 is 0 Å². The average molecular weight is 365 g/mol. The number of rotatable bonds is 5. The lowest BCUT2D eigenvalue weighted by molar-refractivity contribution is 0.0986. The molecule has 0 radical (unpaired) electrons. The summed E-state index contributed by atoms with van der Waals surface area (Å²) >= 11 is 0. The summed E-state index contributed by atoms with van der Waals surface area (Å²) in [4.78, 5) is 20.0. The molecule has 2 aromatic carbocycles. The Kier molecular flexibility index (Phi) is 5.30. The van der Waals surface area contributed by atoms with E-state index in [4.69, 9.17) is 4.74 Å². The number of nitrogens with zero attached hydrogens (tertiary/aromatic N) is 3. The number of carbonyl (C=O) groups excluding carboxylic acids is 1. The van der Waals surface area contributed by atoms with E-state index in [2.05, 4.69) is 28.0 Å². The van der Waals surface area contributed by atoms with Crippen LogP contribution in [0, 0.1) is 0 Å². The number of anilines is 2. The van der Waals surface area contributed by atoms with Crippen LogP contribution in [0.5, 0.6) is 5.75 Å². The van der Waals surface area contributed by atoms with Crippen LogP contribution in [-0.2, 0) is 0 Å². The summed E-state index contributed by atoms with van der Waals surface area (Å²) in [5.41, 5.74) is 2.85. The van der Waals surface area contributed by atoms with Crippen LogP contribution in [0.15, 0.2) is 48.5 Å². The molecular weight excluding hydrogens is 338 g/mol. The molecule has 0 spiro atoms. The van der Waals surface area contributed by atoms with Gasteiger partial charge in [-0.25, -0.2) is 0 Å². The Balaban J connectivity index is 1.52. The topological polar surface area (TPSA) is 36.0 Å². The van der Waals surface area contributed by atoms with Crippen molar-refractivity contribution in [1.29, 1.82) is 0 Å². The number of likely N-dealkylation sites (tertiary alicyclic amines) is 1. The summed E-state index contributed by atoms with van der Waals surface area (Å²) in [5.74, 6) is 0.808. The van der Waals surface area contributed by atoms with Crippen molar-refractivity contribution < 1.29 is 9.53 Å². The summed E-state index contributed by atoms with van der Waals surface area (Å²) in [5, 5.41) is 0. The van der Waals surface area contributed by atoms with Crippen LogP contribution in [-0.4, -0.2) is 57.2 Å². The van der Waals surface area contributed by atoms with Gasteiger partial charge in [-0.3, -0.25) is 4.79 Å². The quantitative estimate of drug-likeness (QED) is 0.815. The van der Waals surface area contributed by atoms with Gasteiger partial charge < -0.3 is 19.4 Å². The highest BCUT2D eigenvalue weighted by Gasteiger charge is 2.27. The van der Waals surface area contributed by atoms with Gasteiger partial charge in [-0.2, -0.15) is 0 Å². The summed E-state index contributed by atoms with van der Waals surface area (Å²) in [6.45, 7) is 6.13. The van der Waals surface area contributed by atoms with Crippen molar-refractivity contribution in [3.63, 3.8) is 0 Å². The Morgan fingerprint density at radius 3 is 2.30 bits per heavy atom. The van der Waals surface area contributed by atoms with Crippen LogP contribution in [0.2, 0.25) is 0 Å². The molecule has 5 heteroatoms. The van der Waals surface area contributed by atoms with Crippen LogP contribution in [0.1, 0.15) is 23.2 Å². The molecule has 27 heavy (non-hydrogen) atoms. The SMILES string of the molecule is COc1ccc(C(=O)N2CCN(CCN3CCCC3)c3ccccc32)cc1. The van der Waals surface area contributed by atoms with E-state index in [1.807, 2.05) is 35.2 Å². The number of ether oxygens (including phenoxy) is 1. The van der Waals surface area contributed by atoms with E-state index in [-0.39, 0.29) is 5.91 Å². The molecule has 0 atom stereocenters. The van der Waals surface area contributed by atoms with Crippen LogP contribution >= 0.6 is 0 Å². The van der Waals surface area contributed by atoms with E-state index in [0.29, 0.717) is 12.1 Å². The van der Waals surface area contributed by atoms with Gasteiger partial charge in [0.15, 0.2) is 0 Å². The fourth-order valence-corrected chi connectivity index (χ4v) is 4.02. The minimum Gasteiger partial charge on any atom is -0.497 e. The van der Waals surface area contributed by atoms with Crippen molar-refractivity contribution in [2.24, 2.45) is 0 Å². The highest BCUT2D eigenvalue weighted by atomic mass is 16.5. The van der Waals surface area contributed by atoms with E-state index < -0.39 is 0 Å². The zero-order chi connectivity index (χ0) is 18.6. The molecule has 2 aliphatic rings. The van der Waals surface area contributed by atoms with Crippen LogP contribution in [0.25, 0.3) is 0 Å². The van der Waals surface area contributed by atoms with Crippen LogP contribution < -0.4 is 14.5 Å². The molecule has 4 rings (SSSR count). The molecule has 0 aliphatic carbocycles. The Hall–Kier alpha value is -2.53. The van der Waals surface area contributed by atoms with Crippen molar-refractivity contribution >= 4 is 17.3 Å². The standard InChI is InChI=1S/C22H27N3O2/c1-27-19-10-8-18(9-11-19)22(26)25-17-16-24(15-14-23-12-4-5-13-23)20-6-2-3-7-21(20)25/h2-3,6-11H,4-5,12-17H2,1H3. The molecule has 0 unspecified atom stereocenters. The second-order valence-electron chi connectivity index (χ2n) is 7.21. The number of fused-ring (bicyclic) bond motifs is 1. The summed E-state index contributed by atoms with van der Waals surface area (Å²) in [6.07, 6.45) is 2.64. The summed E-state index contributed by atoms with van der Waals surface area (Å²) in [6, 6.07) is 15.6. The molecule has 1 amide bonds. The molecular formula is C22H27N3O2. The number of hydrogen-bond donors (Lipinski definition) is 0. The second-order valence-corrected chi connectivity index (χ2v) is 7.21. The maximum Gasteiger partial charge on any atom is 0.258 e. The van der Waals surface area contributed by atoms with Gasteiger partial charge in [0.2, 0.25) is 0 Å². The zero-order valence-electron chi connectivity index (χ0n) is 15.9. The van der Waals surface area contributed by atoms with Crippen molar-refractivity contribution in [3.05, 3.63) is 54.1 Å². The molecule has 0 saturated carbocycles.